The van der Waals surface area contributed by atoms with Crippen molar-refractivity contribution in [3.8, 4) is 5.75 Å². The number of benzene rings is 2. The lowest BCUT2D eigenvalue weighted by atomic mass is 10.1. The maximum Gasteiger partial charge on any atom is 0.274 e. The lowest BCUT2D eigenvalue weighted by Gasteiger charge is -2.12. The van der Waals surface area contributed by atoms with Gasteiger partial charge >= 0.3 is 0 Å². The van der Waals surface area contributed by atoms with Gasteiger partial charge in [-0.2, -0.15) is 0 Å². The Kier molecular flexibility index (Phi) is 5.17. The number of carbonyl (C=O) groups is 1. The summed E-state index contributed by atoms with van der Waals surface area (Å²) in [5.41, 5.74) is 5.21. The number of para-hydroxylation sites is 1. The van der Waals surface area contributed by atoms with Crippen LogP contribution in [0.4, 0.5) is 17.1 Å². The zero-order valence-corrected chi connectivity index (χ0v) is 15.0. The summed E-state index contributed by atoms with van der Waals surface area (Å²) in [7, 11) is 1.59. The molecule has 0 aliphatic rings. The number of anilines is 3. The first-order valence-corrected chi connectivity index (χ1v) is 8.31. The van der Waals surface area contributed by atoms with Crippen molar-refractivity contribution in [2.75, 3.05) is 17.7 Å². The number of nitrogens with zero attached hydrogens (tertiary/aromatic N) is 1. The summed E-state index contributed by atoms with van der Waals surface area (Å²) >= 11 is 0. The van der Waals surface area contributed by atoms with Crippen molar-refractivity contribution in [2.45, 2.75) is 13.8 Å². The summed E-state index contributed by atoms with van der Waals surface area (Å²) in [6.45, 7) is 4.11. The number of aromatic nitrogens is 1. The van der Waals surface area contributed by atoms with Crippen LogP contribution in [0.25, 0.3) is 0 Å². The molecule has 0 aliphatic carbocycles. The summed E-state index contributed by atoms with van der Waals surface area (Å²) in [6.07, 6.45) is 1.66. The molecule has 0 saturated heterocycles. The number of pyridine rings is 1. The van der Waals surface area contributed by atoms with Crippen LogP contribution in [0.2, 0.25) is 0 Å². The molecule has 3 rings (SSSR count). The highest BCUT2D eigenvalue weighted by Gasteiger charge is 2.09. The van der Waals surface area contributed by atoms with Gasteiger partial charge in [-0.1, -0.05) is 24.3 Å². The van der Waals surface area contributed by atoms with Crippen LogP contribution in [0.3, 0.4) is 0 Å². The van der Waals surface area contributed by atoms with Gasteiger partial charge in [0.25, 0.3) is 5.91 Å². The first-order valence-electron chi connectivity index (χ1n) is 8.31. The smallest absolute Gasteiger partial charge is 0.274 e. The Hall–Kier alpha value is -3.34. The molecule has 0 fully saturated rings. The van der Waals surface area contributed by atoms with Crippen LogP contribution in [0.1, 0.15) is 21.6 Å². The average molecular weight is 347 g/mol. The largest absolute Gasteiger partial charge is 0.497 e. The fraction of sp³-hybridized carbons (Fsp3) is 0.143. The maximum atomic E-state index is 12.4. The summed E-state index contributed by atoms with van der Waals surface area (Å²) in [6, 6.07) is 16.9. The third kappa shape index (κ3) is 4.00. The molecule has 3 aromatic rings. The second-order valence-corrected chi connectivity index (χ2v) is 6.01. The van der Waals surface area contributed by atoms with Gasteiger partial charge in [-0.05, 0) is 49.2 Å². The van der Waals surface area contributed by atoms with Crippen LogP contribution in [-0.2, 0) is 0 Å². The van der Waals surface area contributed by atoms with Gasteiger partial charge in [0, 0.05) is 17.4 Å². The predicted molar refractivity (Wildman–Crippen MR) is 104 cm³/mol. The van der Waals surface area contributed by atoms with Gasteiger partial charge in [-0.3, -0.25) is 4.79 Å². The van der Waals surface area contributed by atoms with E-state index in [-0.39, 0.29) is 5.91 Å². The van der Waals surface area contributed by atoms with Gasteiger partial charge in [0.15, 0.2) is 0 Å². The van der Waals surface area contributed by atoms with Crippen molar-refractivity contribution in [3.63, 3.8) is 0 Å². The number of rotatable bonds is 5. The number of carbonyl (C=O) groups excluding carboxylic acids is 1. The molecule has 5 heteroatoms. The van der Waals surface area contributed by atoms with Crippen molar-refractivity contribution in [2.24, 2.45) is 0 Å². The lowest BCUT2D eigenvalue weighted by Crippen LogP contribution is -2.13. The number of methoxy groups -OCH3 is 1. The van der Waals surface area contributed by atoms with Crippen molar-refractivity contribution in [3.05, 3.63) is 77.6 Å². The molecule has 0 spiro atoms. The van der Waals surface area contributed by atoms with Crippen molar-refractivity contribution < 1.29 is 9.53 Å². The molecule has 1 aromatic heterocycles. The van der Waals surface area contributed by atoms with E-state index in [4.69, 9.17) is 4.74 Å². The van der Waals surface area contributed by atoms with Gasteiger partial charge in [-0.15, -0.1) is 0 Å². The Labute approximate surface area is 153 Å². The van der Waals surface area contributed by atoms with E-state index in [2.05, 4.69) is 41.6 Å². The number of hydrogen-bond donors (Lipinski definition) is 2. The molecule has 1 amide bonds. The number of aryl methyl sites for hydroxylation is 2. The van der Waals surface area contributed by atoms with Gasteiger partial charge < -0.3 is 15.4 Å². The average Bonchev–Trinajstić information content (AvgIpc) is 2.65. The van der Waals surface area contributed by atoms with E-state index in [1.54, 1.807) is 31.5 Å². The molecule has 0 saturated carbocycles. The van der Waals surface area contributed by atoms with Gasteiger partial charge in [0.1, 0.15) is 11.4 Å². The summed E-state index contributed by atoms with van der Waals surface area (Å²) in [5.74, 6) is 0.417. The fourth-order valence-corrected chi connectivity index (χ4v) is 2.65. The van der Waals surface area contributed by atoms with Crippen LogP contribution in [0, 0.1) is 13.8 Å². The van der Waals surface area contributed by atoms with E-state index < -0.39 is 0 Å². The Morgan fingerprint density at radius 2 is 1.69 bits per heavy atom. The van der Waals surface area contributed by atoms with Crippen LogP contribution in [0.5, 0.6) is 5.75 Å². The molecular formula is C21H21N3O2. The van der Waals surface area contributed by atoms with E-state index >= 15 is 0 Å². The Balaban J connectivity index is 1.71. The number of amides is 1. The highest BCUT2D eigenvalue weighted by Crippen LogP contribution is 2.24. The fourth-order valence-electron chi connectivity index (χ4n) is 2.65. The summed E-state index contributed by atoms with van der Waals surface area (Å²) in [4.78, 5) is 16.6. The van der Waals surface area contributed by atoms with Crippen molar-refractivity contribution >= 4 is 23.0 Å². The third-order valence-corrected chi connectivity index (χ3v) is 4.07. The Morgan fingerprint density at radius 1 is 0.962 bits per heavy atom. The predicted octanol–water partition coefficient (Wildman–Crippen LogP) is 4.70. The SMILES string of the molecule is COc1cccc(NC(=O)c2ccc(Nc3c(C)cccc3C)cn2)c1. The molecular weight excluding hydrogens is 326 g/mol. The molecule has 132 valence electrons. The first kappa shape index (κ1) is 17.5. The van der Waals surface area contributed by atoms with E-state index in [0.29, 0.717) is 17.1 Å². The van der Waals surface area contributed by atoms with E-state index in [9.17, 15) is 4.79 Å². The van der Waals surface area contributed by atoms with Crippen LogP contribution >= 0.6 is 0 Å². The minimum absolute atomic E-state index is 0.267. The zero-order chi connectivity index (χ0) is 18.5. The van der Waals surface area contributed by atoms with E-state index in [1.165, 1.54) is 0 Å². The topological polar surface area (TPSA) is 63.2 Å². The minimum Gasteiger partial charge on any atom is -0.497 e. The number of ether oxygens (including phenoxy) is 1. The van der Waals surface area contributed by atoms with Crippen LogP contribution < -0.4 is 15.4 Å². The molecule has 0 radical (unpaired) electrons. The third-order valence-electron chi connectivity index (χ3n) is 4.07. The molecule has 26 heavy (non-hydrogen) atoms. The minimum atomic E-state index is -0.267. The normalized spacial score (nSPS) is 10.3. The standard InChI is InChI=1S/C21H21N3O2/c1-14-6-4-7-15(2)20(14)23-17-10-11-19(22-13-17)21(25)24-16-8-5-9-18(12-16)26-3/h4-13,23H,1-3H3,(H,24,25). The summed E-state index contributed by atoms with van der Waals surface area (Å²) in [5, 5.41) is 6.18. The molecule has 0 unspecified atom stereocenters. The molecule has 0 bridgehead atoms. The molecule has 2 N–H and O–H groups in total. The summed E-state index contributed by atoms with van der Waals surface area (Å²) < 4.78 is 5.16. The number of nitrogens with one attached hydrogen (secondary N) is 2. The van der Waals surface area contributed by atoms with Gasteiger partial charge in [0.2, 0.25) is 0 Å². The van der Waals surface area contributed by atoms with E-state index in [1.807, 2.05) is 24.3 Å². The lowest BCUT2D eigenvalue weighted by molar-refractivity contribution is 0.102. The second-order valence-electron chi connectivity index (χ2n) is 6.01. The maximum absolute atomic E-state index is 12.4. The molecule has 0 atom stereocenters. The highest BCUT2D eigenvalue weighted by atomic mass is 16.5. The number of hydrogen-bond acceptors (Lipinski definition) is 4. The van der Waals surface area contributed by atoms with E-state index in [0.717, 1.165) is 22.5 Å². The van der Waals surface area contributed by atoms with Crippen molar-refractivity contribution in [1.29, 1.82) is 0 Å². The van der Waals surface area contributed by atoms with Crippen LogP contribution in [0.15, 0.2) is 60.8 Å². The van der Waals surface area contributed by atoms with Gasteiger partial charge in [0.05, 0.1) is 19.0 Å². The monoisotopic (exact) mass is 347 g/mol. The van der Waals surface area contributed by atoms with Gasteiger partial charge in [-0.25, -0.2) is 4.98 Å². The van der Waals surface area contributed by atoms with Crippen LogP contribution in [-0.4, -0.2) is 18.0 Å². The molecule has 0 aliphatic heterocycles. The second kappa shape index (κ2) is 7.70. The quantitative estimate of drug-likeness (QED) is 0.702. The van der Waals surface area contributed by atoms with Crippen molar-refractivity contribution in [1.82, 2.24) is 4.98 Å². The Bertz CT molecular complexity index is 901. The molecule has 5 nitrogen and oxygen atoms in total. The molecule has 2 aromatic carbocycles. The molecule has 1 heterocycles. The Morgan fingerprint density at radius 3 is 2.35 bits per heavy atom. The zero-order valence-electron chi connectivity index (χ0n) is 15.0. The highest BCUT2D eigenvalue weighted by molar-refractivity contribution is 6.03. The first-order chi connectivity index (χ1) is 12.6.